The number of carbonyl (C=O) groups excluding carboxylic acids is 3. The summed E-state index contributed by atoms with van der Waals surface area (Å²) in [6.45, 7) is 10.5. The lowest BCUT2D eigenvalue weighted by Crippen LogP contribution is -2.49. The van der Waals surface area contributed by atoms with Crippen LogP contribution < -0.4 is 10.6 Å². The van der Waals surface area contributed by atoms with Gasteiger partial charge in [0.1, 0.15) is 30.5 Å². The molecule has 0 bridgehead atoms. The predicted octanol–water partition coefficient (Wildman–Crippen LogP) is 3.22. The maximum atomic E-state index is 12.8. The number of benzene rings is 1. The summed E-state index contributed by atoms with van der Waals surface area (Å²) >= 11 is 0. The first kappa shape index (κ1) is 25.8. The Balaban J connectivity index is 1.48. The fourth-order valence-electron chi connectivity index (χ4n) is 4.08. The summed E-state index contributed by atoms with van der Waals surface area (Å²) in [7, 11) is 0. The predicted molar refractivity (Wildman–Crippen MR) is 126 cm³/mol. The van der Waals surface area contributed by atoms with Crippen molar-refractivity contribution in [1.82, 2.24) is 15.5 Å². The van der Waals surface area contributed by atoms with E-state index in [1.165, 1.54) is 0 Å². The van der Waals surface area contributed by atoms with Crippen molar-refractivity contribution in [2.24, 2.45) is 5.92 Å². The van der Waals surface area contributed by atoms with Crippen LogP contribution >= 0.6 is 0 Å². The molecule has 2 heterocycles. The van der Waals surface area contributed by atoms with Gasteiger partial charge in [-0.2, -0.15) is 0 Å². The number of ether oxygens (including phenoxy) is 3. The van der Waals surface area contributed by atoms with Gasteiger partial charge >= 0.3 is 12.2 Å². The van der Waals surface area contributed by atoms with Crippen LogP contribution in [-0.2, 0) is 25.6 Å². The van der Waals surface area contributed by atoms with Gasteiger partial charge in [0, 0.05) is 6.54 Å². The zero-order valence-electron chi connectivity index (χ0n) is 20.7. The van der Waals surface area contributed by atoms with E-state index in [9.17, 15) is 14.4 Å². The minimum Gasteiger partial charge on any atom is -0.445 e. The molecule has 0 aliphatic carbocycles. The summed E-state index contributed by atoms with van der Waals surface area (Å²) in [5, 5.41) is 5.58. The largest absolute Gasteiger partial charge is 0.445 e. The summed E-state index contributed by atoms with van der Waals surface area (Å²) in [6, 6.07) is 8.50. The highest BCUT2D eigenvalue weighted by molar-refractivity contribution is 5.85. The van der Waals surface area contributed by atoms with E-state index >= 15 is 0 Å². The number of nitrogens with zero attached hydrogens (tertiary/aromatic N) is 1. The van der Waals surface area contributed by atoms with Crippen LogP contribution in [0.4, 0.5) is 9.59 Å². The van der Waals surface area contributed by atoms with Crippen molar-refractivity contribution in [2.75, 3.05) is 13.1 Å². The average molecular weight is 476 g/mol. The van der Waals surface area contributed by atoms with E-state index in [-0.39, 0.29) is 42.8 Å². The molecule has 4 atom stereocenters. The summed E-state index contributed by atoms with van der Waals surface area (Å²) in [6.07, 6.45) is 0.0582. The van der Waals surface area contributed by atoms with Gasteiger partial charge in [0.2, 0.25) is 5.91 Å². The molecule has 0 saturated carbocycles. The molecule has 0 radical (unpaired) electrons. The average Bonchev–Trinajstić information content (AvgIpc) is 3.43. The van der Waals surface area contributed by atoms with Crippen LogP contribution in [0.5, 0.6) is 0 Å². The standard InChI is InChI=1S/C25H37N3O6/c1-16(2)13-18(27-23(30)32-15-17-9-7-6-8-10-17)22(29)26-12-11-19-21-20(33-21)14-28(19)24(31)34-25(3,4)5/h6-10,16,18-21H,11-15H2,1-5H3,(H,26,29)(H,27,30)/t18?,19-,20?,21?/m1/s1. The number of carbonyl (C=O) groups is 3. The number of fused-ring (bicyclic) bond motifs is 1. The molecule has 3 rings (SSSR count). The van der Waals surface area contributed by atoms with Gasteiger partial charge in [-0.15, -0.1) is 0 Å². The maximum Gasteiger partial charge on any atom is 0.410 e. The Bertz CT molecular complexity index is 854. The van der Waals surface area contributed by atoms with E-state index in [2.05, 4.69) is 10.6 Å². The lowest BCUT2D eigenvalue weighted by atomic mass is 10.0. The zero-order chi connectivity index (χ0) is 24.9. The van der Waals surface area contributed by atoms with Crippen molar-refractivity contribution in [3.8, 4) is 0 Å². The Hall–Kier alpha value is -2.81. The molecule has 2 N–H and O–H groups in total. The first-order chi connectivity index (χ1) is 16.0. The van der Waals surface area contributed by atoms with Gasteiger partial charge in [0.15, 0.2) is 0 Å². The van der Waals surface area contributed by atoms with E-state index in [0.29, 0.717) is 25.9 Å². The van der Waals surface area contributed by atoms with Crippen LogP contribution in [0, 0.1) is 5.92 Å². The van der Waals surface area contributed by atoms with E-state index in [1.807, 2.05) is 65.0 Å². The lowest BCUT2D eigenvalue weighted by Gasteiger charge is -2.30. The van der Waals surface area contributed by atoms with Gasteiger partial charge in [0.25, 0.3) is 0 Å². The fraction of sp³-hybridized carbons (Fsp3) is 0.640. The third-order valence-electron chi connectivity index (χ3n) is 5.67. The quantitative estimate of drug-likeness (QED) is 0.531. The van der Waals surface area contributed by atoms with Crippen LogP contribution in [0.25, 0.3) is 0 Å². The van der Waals surface area contributed by atoms with Crippen molar-refractivity contribution in [3.05, 3.63) is 35.9 Å². The number of amides is 3. The highest BCUT2D eigenvalue weighted by Gasteiger charge is 2.56. The van der Waals surface area contributed by atoms with E-state index in [1.54, 1.807) is 4.90 Å². The van der Waals surface area contributed by atoms with Gasteiger partial charge in [-0.05, 0) is 45.1 Å². The first-order valence-corrected chi connectivity index (χ1v) is 11.9. The third-order valence-corrected chi connectivity index (χ3v) is 5.67. The number of hydrogen-bond donors (Lipinski definition) is 2. The molecule has 34 heavy (non-hydrogen) atoms. The molecule has 188 valence electrons. The van der Waals surface area contributed by atoms with E-state index in [4.69, 9.17) is 14.2 Å². The van der Waals surface area contributed by atoms with Crippen molar-refractivity contribution in [2.45, 2.75) is 84.0 Å². The molecule has 2 aliphatic heterocycles. The van der Waals surface area contributed by atoms with Crippen molar-refractivity contribution in [1.29, 1.82) is 0 Å². The van der Waals surface area contributed by atoms with Crippen molar-refractivity contribution < 1.29 is 28.6 Å². The summed E-state index contributed by atoms with van der Waals surface area (Å²) in [4.78, 5) is 39.4. The second-order valence-corrected chi connectivity index (χ2v) is 10.3. The van der Waals surface area contributed by atoms with Crippen LogP contribution in [-0.4, -0.2) is 66.0 Å². The van der Waals surface area contributed by atoms with Gasteiger partial charge in [0.05, 0.1) is 12.6 Å². The minimum atomic E-state index is -0.710. The molecule has 3 unspecified atom stereocenters. The number of rotatable bonds is 9. The van der Waals surface area contributed by atoms with Crippen LogP contribution in [0.3, 0.4) is 0 Å². The third kappa shape index (κ3) is 7.62. The Morgan fingerprint density at radius 3 is 2.53 bits per heavy atom. The summed E-state index contributed by atoms with van der Waals surface area (Å²) in [5.74, 6) is -0.0799. The van der Waals surface area contributed by atoms with Gasteiger partial charge in [-0.1, -0.05) is 44.2 Å². The first-order valence-electron chi connectivity index (χ1n) is 11.9. The maximum absolute atomic E-state index is 12.8. The molecular weight excluding hydrogens is 438 g/mol. The van der Waals surface area contributed by atoms with Gasteiger partial charge in [-0.25, -0.2) is 9.59 Å². The number of alkyl carbamates (subject to hydrolysis) is 1. The molecule has 2 aliphatic rings. The zero-order valence-corrected chi connectivity index (χ0v) is 20.7. The molecule has 2 saturated heterocycles. The topological polar surface area (TPSA) is 109 Å². The molecule has 1 aromatic rings. The number of likely N-dealkylation sites (tertiary alicyclic amines) is 1. The van der Waals surface area contributed by atoms with Crippen LogP contribution in [0.1, 0.15) is 53.0 Å². The minimum absolute atomic E-state index is 0.0121. The highest BCUT2D eigenvalue weighted by Crippen LogP contribution is 2.38. The van der Waals surface area contributed by atoms with E-state index in [0.717, 1.165) is 5.56 Å². The second-order valence-electron chi connectivity index (χ2n) is 10.3. The molecule has 0 spiro atoms. The van der Waals surface area contributed by atoms with Crippen molar-refractivity contribution in [3.63, 3.8) is 0 Å². The number of nitrogens with one attached hydrogen (secondary N) is 2. The number of hydrogen-bond acceptors (Lipinski definition) is 6. The fourth-order valence-corrected chi connectivity index (χ4v) is 4.08. The molecule has 1 aromatic carbocycles. The summed E-state index contributed by atoms with van der Waals surface area (Å²) in [5.41, 5.74) is 0.295. The lowest BCUT2D eigenvalue weighted by molar-refractivity contribution is -0.123. The van der Waals surface area contributed by atoms with Gasteiger partial charge in [-0.3, -0.25) is 9.69 Å². The van der Waals surface area contributed by atoms with Crippen molar-refractivity contribution >= 4 is 18.1 Å². The SMILES string of the molecule is CC(C)CC(NC(=O)OCc1ccccc1)C(=O)NCC[C@@H]1C2OC2CN1C(=O)OC(C)(C)C. The monoisotopic (exact) mass is 475 g/mol. The number of morpholine rings is 1. The Labute approximate surface area is 201 Å². The second kappa shape index (κ2) is 11.1. The smallest absolute Gasteiger partial charge is 0.410 e. The highest BCUT2D eigenvalue weighted by atomic mass is 16.6. The summed E-state index contributed by atoms with van der Waals surface area (Å²) < 4.78 is 16.4. The van der Waals surface area contributed by atoms with E-state index < -0.39 is 17.7 Å². The Morgan fingerprint density at radius 2 is 1.88 bits per heavy atom. The molecular formula is C25H37N3O6. The molecule has 0 aromatic heterocycles. The molecule has 9 nitrogen and oxygen atoms in total. The Morgan fingerprint density at radius 1 is 1.18 bits per heavy atom. The molecule has 2 fully saturated rings. The van der Waals surface area contributed by atoms with Crippen LogP contribution in [0.2, 0.25) is 0 Å². The Kier molecular flexibility index (Phi) is 8.41. The molecule has 3 amide bonds. The van der Waals surface area contributed by atoms with Crippen LogP contribution in [0.15, 0.2) is 30.3 Å². The molecule has 9 heteroatoms. The number of epoxide rings is 1. The van der Waals surface area contributed by atoms with Gasteiger partial charge < -0.3 is 24.8 Å². The normalized spacial score (nSPS) is 22.1.